The zero-order chi connectivity index (χ0) is 11.8. The van der Waals surface area contributed by atoms with E-state index in [1.54, 1.807) is 12.1 Å². The van der Waals surface area contributed by atoms with Gasteiger partial charge in [-0.05, 0) is 25.3 Å². The van der Waals surface area contributed by atoms with Crippen molar-refractivity contribution in [3.63, 3.8) is 0 Å². The number of rotatable bonds is 2. The highest BCUT2D eigenvalue weighted by molar-refractivity contribution is 7.98. The van der Waals surface area contributed by atoms with Gasteiger partial charge in [0.1, 0.15) is 6.34 Å². The van der Waals surface area contributed by atoms with Crippen LogP contribution in [0.3, 0.4) is 0 Å². The van der Waals surface area contributed by atoms with Crippen molar-refractivity contribution in [2.75, 3.05) is 4.90 Å². The SMILES string of the molecule is O=[N+]([O-])c1ccc2c(c1)SN=CN2C1CCC1. The van der Waals surface area contributed by atoms with Crippen LogP contribution < -0.4 is 4.90 Å². The molecule has 0 spiro atoms. The number of nitro benzene ring substituents is 1. The fourth-order valence-electron chi connectivity index (χ4n) is 2.05. The maximum absolute atomic E-state index is 10.7. The first-order valence-corrected chi connectivity index (χ1v) is 6.30. The van der Waals surface area contributed by atoms with Crippen LogP contribution in [0, 0.1) is 10.1 Å². The Morgan fingerprint density at radius 2 is 2.29 bits per heavy atom. The van der Waals surface area contributed by atoms with Crippen LogP contribution in [0.5, 0.6) is 0 Å². The Hall–Kier alpha value is -1.56. The molecule has 0 N–H and O–H groups in total. The van der Waals surface area contributed by atoms with E-state index in [2.05, 4.69) is 9.30 Å². The molecule has 0 atom stereocenters. The molecule has 1 aliphatic heterocycles. The molecular formula is C11H11N3O2S. The molecule has 0 unspecified atom stereocenters. The molecule has 1 fully saturated rings. The minimum absolute atomic E-state index is 0.127. The zero-order valence-corrected chi connectivity index (χ0v) is 9.89. The molecule has 17 heavy (non-hydrogen) atoms. The summed E-state index contributed by atoms with van der Waals surface area (Å²) in [6.45, 7) is 0. The molecule has 0 aromatic heterocycles. The Morgan fingerprint density at radius 3 is 2.94 bits per heavy atom. The Kier molecular flexibility index (Phi) is 2.51. The number of anilines is 1. The summed E-state index contributed by atoms with van der Waals surface area (Å²) in [6, 6.07) is 5.50. The summed E-state index contributed by atoms with van der Waals surface area (Å²) < 4.78 is 4.20. The summed E-state index contributed by atoms with van der Waals surface area (Å²) in [7, 11) is 0. The summed E-state index contributed by atoms with van der Waals surface area (Å²) in [5.41, 5.74) is 1.17. The van der Waals surface area contributed by atoms with Gasteiger partial charge in [0.2, 0.25) is 0 Å². The van der Waals surface area contributed by atoms with Crippen molar-refractivity contribution in [3.8, 4) is 0 Å². The fraction of sp³-hybridized carbons (Fsp3) is 0.364. The smallest absolute Gasteiger partial charge is 0.270 e. The lowest BCUT2D eigenvalue weighted by molar-refractivity contribution is -0.385. The second-order valence-corrected chi connectivity index (χ2v) is 5.05. The highest BCUT2D eigenvalue weighted by Gasteiger charge is 2.28. The number of hydrogen-bond acceptors (Lipinski definition) is 5. The molecule has 2 aliphatic rings. The lowest BCUT2D eigenvalue weighted by Gasteiger charge is -2.38. The minimum Gasteiger partial charge on any atom is -0.328 e. The monoisotopic (exact) mass is 249 g/mol. The molecule has 3 rings (SSSR count). The van der Waals surface area contributed by atoms with Gasteiger partial charge in [0.25, 0.3) is 5.69 Å². The van der Waals surface area contributed by atoms with Gasteiger partial charge in [-0.2, -0.15) is 0 Å². The third-order valence-corrected chi connectivity index (χ3v) is 3.95. The summed E-state index contributed by atoms with van der Waals surface area (Å²) >= 11 is 1.30. The van der Waals surface area contributed by atoms with Crippen LogP contribution in [0.4, 0.5) is 11.4 Å². The summed E-state index contributed by atoms with van der Waals surface area (Å²) in [5.74, 6) is 0. The van der Waals surface area contributed by atoms with Gasteiger partial charge in [-0.1, -0.05) is 0 Å². The Morgan fingerprint density at radius 1 is 1.47 bits per heavy atom. The molecule has 0 radical (unpaired) electrons. The number of nitro groups is 1. The van der Waals surface area contributed by atoms with Gasteiger partial charge in [-0.25, -0.2) is 4.40 Å². The van der Waals surface area contributed by atoms with Gasteiger partial charge >= 0.3 is 0 Å². The normalized spacial score (nSPS) is 18.7. The predicted octanol–water partition coefficient (Wildman–Crippen LogP) is 3.00. The summed E-state index contributed by atoms with van der Waals surface area (Å²) in [6.07, 6.45) is 5.44. The molecule has 0 amide bonds. The van der Waals surface area contributed by atoms with Crippen LogP contribution in [-0.2, 0) is 0 Å². The molecule has 1 aromatic carbocycles. The van der Waals surface area contributed by atoms with Crippen molar-refractivity contribution >= 4 is 29.7 Å². The van der Waals surface area contributed by atoms with E-state index in [1.807, 2.05) is 12.4 Å². The number of benzene rings is 1. The van der Waals surface area contributed by atoms with Crippen LogP contribution in [0.2, 0.25) is 0 Å². The van der Waals surface area contributed by atoms with E-state index in [1.165, 1.54) is 31.2 Å². The average Bonchev–Trinajstić information content (AvgIpc) is 2.26. The molecule has 1 heterocycles. The molecule has 1 aliphatic carbocycles. The molecule has 88 valence electrons. The number of non-ortho nitro benzene ring substituents is 1. The van der Waals surface area contributed by atoms with Crippen LogP contribution in [0.25, 0.3) is 0 Å². The standard InChI is InChI=1S/C11H11N3O2S/c15-14(16)9-4-5-10-11(6-9)17-12-7-13(10)8-2-1-3-8/h4-8H,1-3H2. The summed E-state index contributed by atoms with van der Waals surface area (Å²) in [4.78, 5) is 13.4. The maximum atomic E-state index is 10.7. The fourth-order valence-corrected chi connectivity index (χ4v) is 2.75. The van der Waals surface area contributed by atoms with Crippen molar-refractivity contribution in [2.24, 2.45) is 4.40 Å². The van der Waals surface area contributed by atoms with Crippen molar-refractivity contribution < 1.29 is 4.92 Å². The zero-order valence-electron chi connectivity index (χ0n) is 9.07. The summed E-state index contributed by atoms with van der Waals surface area (Å²) in [5, 5.41) is 10.7. The van der Waals surface area contributed by atoms with Gasteiger partial charge in [0, 0.05) is 30.1 Å². The van der Waals surface area contributed by atoms with Crippen molar-refractivity contribution in [1.82, 2.24) is 0 Å². The van der Waals surface area contributed by atoms with E-state index >= 15 is 0 Å². The molecule has 6 heteroatoms. The highest BCUT2D eigenvalue weighted by atomic mass is 32.2. The van der Waals surface area contributed by atoms with Crippen LogP contribution in [0.1, 0.15) is 19.3 Å². The van der Waals surface area contributed by atoms with E-state index in [9.17, 15) is 10.1 Å². The minimum atomic E-state index is -0.368. The van der Waals surface area contributed by atoms with Gasteiger partial charge < -0.3 is 4.90 Å². The first-order valence-electron chi connectivity index (χ1n) is 5.53. The number of hydrogen-bond donors (Lipinski definition) is 0. The van der Waals surface area contributed by atoms with Gasteiger partial charge in [-0.15, -0.1) is 0 Å². The first kappa shape index (κ1) is 10.6. The Balaban J connectivity index is 1.97. The number of fused-ring (bicyclic) bond motifs is 1. The maximum Gasteiger partial charge on any atom is 0.270 e. The van der Waals surface area contributed by atoms with Gasteiger partial charge in [0.15, 0.2) is 0 Å². The van der Waals surface area contributed by atoms with Crippen LogP contribution in [-0.4, -0.2) is 17.3 Å². The second-order valence-electron chi connectivity index (χ2n) is 4.21. The second kappa shape index (κ2) is 4.03. The Labute approximate surface area is 103 Å². The Bertz CT molecular complexity index is 499. The average molecular weight is 249 g/mol. The van der Waals surface area contributed by atoms with Crippen molar-refractivity contribution in [2.45, 2.75) is 30.2 Å². The molecule has 0 saturated heterocycles. The quantitative estimate of drug-likeness (QED) is 0.459. The van der Waals surface area contributed by atoms with E-state index in [4.69, 9.17) is 0 Å². The molecule has 1 saturated carbocycles. The first-order chi connectivity index (χ1) is 8.25. The third-order valence-electron chi connectivity index (χ3n) is 3.22. The van der Waals surface area contributed by atoms with E-state index in [-0.39, 0.29) is 10.6 Å². The largest absolute Gasteiger partial charge is 0.328 e. The lowest BCUT2D eigenvalue weighted by Crippen LogP contribution is -2.40. The third kappa shape index (κ3) is 1.78. The molecule has 5 nitrogen and oxygen atoms in total. The van der Waals surface area contributed by atoms with Crippen molar-refractivity contribution in [3.05, 3.63) is 28.3 Å². The molecular weight excluding hydrogens is 238 g/mol. The van der Waals surface area contributed by atoms with Gasteiger partial charge in [-0.3, -0.25) is 10.1 Å². The van der Waals surface area contributed by atoms with Crippen LogP contribution in [0.15, 0.2) is 27.5 Å². The van der Waals surface area contributed by atoms with Crippen molar-refractivity contribution in [1.29, 1.82) is 0 Å². The van der Waals surface area contributed by atoms with E-state index in [0.717, 1.165) is 10.6 Å². The molecule has 1 aromatic rings. The highest BCUT2D eigenvalue weighted by Crippen LogP contribution is 2.40. The predicted molar refractivity (Wildman–Crippen MR) is 67.6 cm³/mol. The lowest BCUT2D eigenvalue weighted by atomic mass is 9.91. The number of nitrogens with zero attached hydrogens (tertiary/aromatic N) is 3. The topological polar surface area (TPSA) is 58.7 Å². The van der Waals surface area contributed by atoms with E-state index < -0.39 is 0 Å². The van der Waals surface area contributed by atoms with Gasteiger partial charge in [0.05, 0.1) is 15.5 Å². The van der Waals surface area contributed by atoms with E-state index in [0.29, 0.717) is 6.04 Å². The molecule has 0 bridgehead atoms. The van der Waals surface area contributed by atoms with Crippen LogP contribution >= 0.6 is 11.9 Å².